The maximum Gasteiger partial charge on any atom is 0.226 e. The summed E-state index contributed by atoms with van der Waals surface area (Å²) in [5.74, 6) is 1.73. The van der Waals surface area contributed by atoms with E-state index in [1.807, 2.05) is 0 Å². The first kappa shape index (κ1) is 17.8. The summed E-state index contributed by atoms with van der Waals surface area (Å²) in [5.41, 5.74) is 1.34. The fourth-order valence-corrected chi connectivity index (χ4v) is 4.66. The minimum absolute atomic E-state index is 0.218. The monoisotopic (exact) mass is 352 g/mol. The molecule has 1 aromatic rings. The van der Waals surface area contributed by atoms with E-state index in [2.05, 4.69) is 52.3 Å². The topological polar surface area (TPSA) is 23.6 Å². The number of likely N-dealkylation sites (tertiary alicyclic amines) is 1. The highest BCUT2D eigenvalue weighted by molar-refractivity contribution is 5.83. The zero-order chi connectivity index (χ0) is 17.8. The van der Waals surface area contributed by atoms with Gasteiger partial charge in [-0.3, -0.25) is 4.79 Å². The molecule has 26 heavy (non-hydrogen) atoms. The van der Waals surface area contributed by atoms with Crippen LogP contribution in [0, 0.1) is 11.8 Å². The molecule has 0 spiro atoms. The van der Waals surface area contributed by atoms with E-state index >= 15 is 0 Å². The molecular weight excluding hydrogens is 320 g/mol. The Morgan fingerprint density at radius 3 is 2.65 bits per heavy atom. The molecule has 1 aliphatic heterocycles. The Kier molecular flexibility index (Phi) is 5.74. The minimum atomic E-state index is 0.218. The average molecular weight is 353 g/mol. The van der Waals surface area contributed by atoms with Gasteiger partial charge in [-0.1, -0.05) is 42.5 Å². The molecule has 1 saturated carbocycles. The van der Waals surface area contributed by atoms with Gasteiger partial charge in [-0.15, -0.1) is 0 Å². The normalized spacial score (nSPS) is 28.2. The van der Waals surface area contributed by atoms with Crippen molar-refractivity contribution in [2.75, 3.05) is 32.7 Å². The maximum atomic E-state index is 13.3. The Labute approximate surface area is 158 Å². The fraction of sp³-hybridized carbons (Fsp3) is 0.609. The molecule has 1 saturated heterocycles. The van der Waals surface area contributed by atoms with Crippen LogP contribution < -0.4 is 0 Å². The van der Waals surface area contributed by atoms with Gasteiger partial charge in [0.1, 0.15) is 0 Å². The van der Waals surface area contributed by atoms with E-state index < -0.39 is 0 Å². The fourth-order valence-electron chi connectivity index (χ4n) is 4.66. The predicted octanol–water partition coefficient (Wildman–Crippen LogP) is 4.07. The van der Waals surface area contributed by atoms with Gasteiger partial charge >= 0.3 is 0 Å². The lowest BCUT2D eigenvalue weighted by molar-refractivity contribution is -0.133. The largest absolute Gasteiger partial charge is 0.341 e. The number of benzene rings is 1. The summed E-state index contributed by atoms with van der Waals surface area (Å²) in [6, 6.07) is 10.6. The van der Waals surface area contributed by atoms with E-state index in [9.17, 15) is 4.79 Å². The van der Waals surface area contributed by atoms with E-state index in [0.717, 1.165) is 32.5 Å². The van der Waals surface area contributed by atoms with Gasteiger partial charge in [0.05, 0.1) is 0 Å². The van der Waals surface area contributed by atoms with Crippen molar-refractivity contribution >= 4 is 5.91 Å². The summed E-state index contributed by atoms with van der Waals surface area (Å²) in [6.45, 7) is 5.34. The zero-order valence-electron chi connectivity index (χ0n) is 15.9. The summed E-state index contributed by atoms with van der Waals surface area (Å²) >= 11 is 0. The second-order valence-corrected chi connectivity index (χ2v) is 8.34. The maximum absolute atomic E-state index is 13.3. The first-order valence-corrected chi connectivity index (χ1v) is 10.5. The lowest BCUT2D eigenvalue weighted by Gasteiger charge is -2.30. The molecule has 1 aromatic carbocycles. The van der Waals surface area contributed by atoms with Gasteiger partial charge < -0.3 is 9.80 Å². The Morgan fingerprint density at radius 2 is 1.92 bits per heavy atom. The second-order valence-electron chi connectivity index (χ2n) is 8.34. The second kappa shape index (κ2) is 8.39. The number of rotatable bonds is 7. The summed E-state index contributed by atoms with van der Waals surface area (Å²) in [7, 11) is 0. The van der Waals surface area contributed by atoms with Crippen molar-refractivity contribution in [2.24, 2.45) is 11.8 Å². The Balaban J connectivity index is 1.37. The van der Waals surface area contributed by atoms with E-state index in [4.69, 9.17) is 0 Å². The summed E-state index contributed by atoms with van der Waals surface area (Å²) in [5, 5.41) is 0. The number of amides is 1. The summed E-state index contributed by atoms with van der Waals surface area (Å²) in [6.07, 6.45) is 11.8. The van der Waals surface area contributed by atoms with Crippen molar-refractivity contribution in [1.29, 1.82) is 0 Å². The quantitative estimate of drug-likeness (QED) is 0.691. The SMILES string of the molecule is O=C([C@H]1C[C@H]1c1ccccc1)N(CCN1CCCC1)C[C@@H]1CC=CCC1. The molecule has 0 N–H and O–H groups in total. The van der Waals surface area contributed by atoms with E-state index in [1.165, 1.54) is 44.3 Å². The minimum Gasteiger partial charge on any atom is -0.341 e. The first-order chi connectivity index (χ1) is 12.8. The van der Waals surface area contributed by atoms with E-state index in [1.54, 1.807) is 0 Å². The molecule has 0 unspecified atom stereocenters. The van der Waals surface area contributed by atoms with Crippen LogP contribution in [-0.2, 0) is 4.79 Å². The third-order valence-corrected chi connectivity index (χ3v) is 6.39. The summed E-state index contributed by atoms with van der Waals surface area (Å²) < 4.78 is 0. The number of carbonyl (C=O) groups is 1. The van der Waals surface area contributed by atoms with E-state index in [-0.39, 0.29) is 5.92 Å². The number of carbonyl (C=O) groups excluding carboxylic acids is 1. The van der Waals surface area contributed by atoms with Crippen LogP contribution in [0.4, 0.5) is 0 Å². The van der Waals surface area contributed by atoms with Crippen molar-refractivity contribution in [3.63, 3.8) is 0 Å². The Morgan fingerprint density at radius 1 is 1.12 bits per heavy atom. The van der Waals surface area contributed by atoms with Gasteiger partial charge in [-0.2, -0.15) is 0 Å². The Hall–Kier alpha value is -1.61. The molecule has 3 aliphatic rings. The number of allylic oxidation sites excluding steroid dienone is 2. The van der Waals surface area contributed by atoms with Crippen LogP contribution in [0.1, 0.15) is 50.0 Å². The van der Waals surface area contributed by atoms with Crippen molar-refractivity contribution in [3.8, 4) is 0 Å². The van der Waals surface area contributed by atoms with Crippen LogP contribution >= 0.6 is 0 Å². The number of hydrogen-bond donors (Lipinski definition) is 0. The highest BCUT2D eigenvalue weighted by Crippen LogP contribution is 2.48. The third kappa shape index (κ3) is 4.37. The number of nitrogens with zero attached hydrogens (tertiary/aromatic N) is 2. The molecule has 3 heteroatoms. The van der Waals surface area contributed by atoms with Gasteiger partial charge in [0.15, 0.2) is 0 Å². The molecule has 0 radical (unpaired) electrons. The van der Waals surface area contributed by atoms with Gasteiger partial charge in [-0.25, -0.2) is 0 Å². The van der Waals surface area contributed by atoms with Crippen LogP contribution in [0.3, 0.4) is 0 Å². The van der Waals surface area contributed by atoms with Crippen LogP contribution in [0.25, 0.3) is 0 Å². The van der Waals surface area contributed by atoms with Crippen molar-refractivity contribution in [1.82, 2.24) is 9.80 Å². The van der Waals surface area contributed by atoms with Crippen molar-refractivity contribution in [3.05, 3.63) is 48.0 Å². The predicted molar refractivity (Wildman–Crippen MR) is 106 cm³/mol. The molecule has 1 amide bonds. The molecule has 140 valence electrons. The standard InChI is InChI=1S/C23H32N2O/c26-23(22-17-21(22)20-11-5-2-6-12-20)25(16-15-24-13-7-8-14-24)18-19-9-3-1-4-10-19/h1-3,5-6,11-12,19,21-22H,4,7-10,13-18H2/t19-,21+,22+/m1/s1. The number of hydrogen-bond acceptors (Lipinski definition) is 2. The highest BCUT2D eigenvalue weighted by Gasteiger charge is 2.45. The van der Waals surface area contributed by atoms with Gasteiger partial charge in [0, 0.05) is 25.6 Å². The Bertz CT molecular complexity index is 620. The average Bonchev–Trinajstić information content (AvgIpc) is 3.33. The molecule has 2 aliphatic carbocycles. The molecule has 1 heterocycles. The molecule has 4 rings (SSSR count). The zero-order valence-corrected chi connectivity index (χ0v) is 15.9. The van der Waals surface area contributed by atoms with Crippen LogP contribution in [0.5, 0.6) is 0 Å². The van der Waals surface area contributed by atoms with Crippen LogP contribution in [0.15, 0.2) is 42.5 Å². The molecule has 2 fully saturated rings. The molecule has 0 aromatic heterocycles. The lowest BCUT2D eigenvalue weighted by atomic mass is 9.93. The molecule has 3 atom stereocenters. The molecular formula is C23H32N2O. The highest BCUT2D eigenvalue weighted by atomic mass is 16.2. The van der Waals surface area contributed by atoms with Crippen molar-refractivity contribution in [2.45, 2.75) is 44.4 Å². The first-order valence-electron chi connectivity index (χ1n) is 10.5. The van der Waals surface area contributed by atoms with Crippen molar-refractivity contribution < 1.29 is 4.79 Å². The molecule has 3 nitrogen and oxygen atoms in total. The molecule has 0 bridgehead atoms. The smallest absolute Gasteiger partial charge is 0.226 e. The lowest BCUT2D eigenvalue weighted by Crippen LogP contribution is -2.41. The van der Waals surface area contributed by atoms with Crippen LogP contribution in [-0.4, -0.2) is 48.4 Å². The van der Waals surface area contributed by atoms with Crippen LogP contribution in [0.2, 0.25) is 0 Å². The van der Waals surface area contributed by atoms with E-state index in [0.29, 0.717) is 17.7 Å². The van der Waals surface area contributed by atoms with Gasteiger partial charge in [0.25, 0.3) is 0 Å². The third-order valence-electron chi connectivity index (χ3n) is 6.39. The van der Waals surface area contributed by atoms with Gasteiger partial charge in [-0.05, 0) is 69.0 Å². The summed E-state index contributed by atoms with van der Waals surface area (Å²) in [4.78, 5) is 18.0. The van der Waals surface area contributed by atoms with Gasteiger partial charge in [0.2, 0.25) is 5.91 Å².